The van der Waals surface area contributed by atoms with Gasteiger partial charge >= 0.3 is 0 Å². The molecule has 0 saturated carbocycles. The number of hydrogen-bond donors (Lipinski definition) is 1. The van der Waals surface area contributed by atoms with Crippen molar-refractivity contribution in [3.63, 3.8) is 0 Å². The topological polar surface area (TPSA) is 102 Å². The third kappa shape index (κ3) is 4.82. The maximum absolute atomic E-state index is 12.9. The van der Waals surface area contributed by atoms with E-state index in [1.165, 1.54) is 11.0 Å². The highest BCUT2D eigenvalue weighted by Gasteiger charge is 2.25. The van der Waals surface area contributed by atoms with E-state index in [0.29, 0.717) is 13.1 Å². The Morgan fingerprint density at radius 2 is 1.85 bits per heavy atom. The summed E-state index contributed by atoms with van der Waals surface area (Å²) in [4.78, 5) is 21.1. The molecule has 3 aromatic rings. The van der Waals surface area contributed by atoms with Crippen LogP contribution in [-0.2, 0) is 13.1 Å². The van der Waals surface area contributed by atoms with E-state index in [-0.39, 0.29) is 25.1 Å². The molecular weight excluding hydrogens is 438 g/mol. The molecule has 0 aliphatic carbocycles. The number of fused-ring (bicyclic) bond motifs is 1. The van der Waals surface area contributed by atoms with Gasteiger partial charge in [-0.2, -0.15) is 0 Å². The van der Waals surface area contributed by atoms with Crippen molar-refractivity contribution in [2.75, 3.05) is 40.1 Å². The van der Waals surface area contributed by atoms with Crippen molar-refractivity contribution in [2.24, 2.45) is 0 Å². The molecule has 2 aromatic carbocycles. The summed E-state index contributed by atoms with van der Waals surface area (Å²) in [6.07, 6.45) is 0.714. The van der Waals surface area contributed by atoms with Crippen LogP contribution in [0.3, 0.4) is 0 Å². The molecule has 10 heteroatoms. The number of nitrogens with zero attached hydrogens (tertiary/aromatic N) is 5. The van der Waals surface area contributed by atoms with Gasteiger partial charge in [-0.05, 0) is 35.4 Å². The van der Waals surface area contributed by atoms with Crippen molar-refractivity contribution >= 4 is 5.91 Å². The fraction of sp³-hybridized carbons (Fsp3) is 0.375. The fourth-order valence-electron chi connectivity index (χ4n) is 4.14. The van der Waals surface area contributed by atoms with Gasteiger partial charge in [0.1, 0.15) is 12.1 Å². The standard InChI is InChI=1S/C24H27N5O5/c1-32-19-5-3-18(4-6-19)20(30)14-29-15-25-23(26-29)24(31)28-10-8-27(9-11-28)13-17-2-7-21-22(12-17)34-16-33-21/h2-7,12,15,20,30H,8-11,13-14,16H2,1H3/t20-/m0/s1. The summed E-state index contributed by atoms with van der Waals surface area (Å²) in [5.41, 5.74) is 1.89. The number of amides is 1. The first kappa shape index (κ1) is 22.2. The zero-order chi connectivity index (χ0) is 23.5. The number of rotatable bonds is 7. The van der Waals surface area contributed by atoms with Gasteiger partial charge < -0.3 is 24.2 Å². The minimum atomic E-state index is -0.768. The Morgan fingerprint density at radius 1 is 1.09 bits per heavy atom. The molecule has 3 heterocycles. The van der Waals surface area contributed by atoms with Crippen LogP contribution in [0.25, 0.3) is 0 Å². The molecule has 2 aliphatic rings. The smallest absolute Gasteiger partial charge is 0.293 e. The first-order valence-electron chi connectivity index (χ1n) is 11.2. The molecule has 34 heavy (non-hydrogen) atoms. The first-order valence-corrected chi connectivity index (χ1v) is 11.2. The third-order valence-corrected chi connectivity index (χ3v) is 6.09. The highest BCUT2D eigenvalue weighted by Crippen LogP contribution is 2.32. The maximum atomic E-state index is 12.9. The zero-order valence-corrected chi connectivity index (χ0v) is 19.0. The van der Waals surface area contributed by atoms with Crippen LogP contribution in [0, 0.1) is 0 Å². The molecule has 1 fully saturated rings. The Hall–Kier alpha value is -3.63. The summed E-state index contributed by atoms with van der Waals surface area (Å²) in [6.45, 7) is 3.99. The van der Waals surface area contributed by atoms with Crippen LogP contribution in [0.15, 0.2) is 48.8 Å². The first-order chi connectivity index (χ1) is 16.6. The number of aliphatic hydroxyl groups excluding tert-OH is 1. The van der Waals surface area contributed by atoms with Gasteiger partial charge in [-0.3, -0.25) is 9.69 Å². The molecule has 5 rings (SSSR count). The lowest BCUT2D eigenvalue weighted by atomic mass is 10.1. The van der Waals surface area contributed by atoms with E-state index in [9.17, 15) is 9.90 Å². The number of methoxy groups -OCH3 is 1. The number of aromatic nitrogens is 3. The summed E-state index contributed by atoms with van der Waals surface area (Å²) < 4.78 is 17.5. The monoisotopic (exact) mass is 465 g/mol. The molecule has 1 N–H and O–H groups in total. The molecule has 178 valence electrons. The van der Waals surface area contributed by atoms with E-state index in [0.717, 1.165) is 48.0 Å². The normalized spacial score (nSPS) is 16.5. The van der Waals surface area contributed by atoms with Gasteiger partial charge in [-0.15, -0.1) is 5.10 Å². The average Bonchev–Trinajstić information content (AvgIpc) is 3.53. The molecule has 10 nitrogen and oxygen atoms in total. The largest absolute Gasteiger partial charge is 0.497 e. The average molecular weight is 466 g/mol. The van der Waals surface area contributed by atoms with Gasteiger partial charge in [0.05, 0.1) is 19.8 Å². The van der Waals surface area contributed by atoms with Crippen molar-refractivity contribution in [2.45, 2.75) is 19.2 Å². The van der Waals surface area contributed by atoms with Crippen LogP contribution >= 0.6 is 0 Å². The number of carbonyl (C=O) groups is 1. The van der Waals surface area contributed by atoms with Gasteiger partial charge in [-0.25, -0.2) is 9.67 Å². The number of piperazine rings is 1. The van der Waals surface area contributed by atoms with Crippen molar-refractivity contribution in [1.29, 1.82) is 0 Å². The summed E-state index contributed by atoms with van der Waals surface area (Å²) in [5, 5.41) is 14.8. The molecule has 2 aliphatic heterocycles. The molecular formula is C24H27N5O5. The Morgan fingerprint density at radius 3 is 2.62 bits per heavy atom. The second kappa shape index (κ2) is 9.70. The van der Waals surface area contributed by atoms with Gasteiger partial charge in [0.25, 0.3) is 5.91 Å². The highest BCUT2D eigenvalue weighted by atomic mass is 16.7. The summed E-state index contributed by atoms with van der Waals surface area (Å²) in [5.74, 6) is 2.24. The molecule has 0 spiro atoms. The lowest BCUT2D eigenvalue weighted by molar-refractivity contribution is 0.0615. The summed E-state index contributed by atoms with van der Waals surface area (Å²) >= 11 is 0. The van der Waals surface area contributed by atoms with E-state index in [1.54, 1.807) is 36.3 Å². The Labute approximate surface area is 197 Å². The predicted octanol–water partition coefficient (Wildman–Crippen LogP) is 1.71. The van der Waals surface area contributed by atoms with E-state index in [1.807, 2.05) is 18.2 Å². The van der Waals surface area contributed by atoms with Gasteiger partial charge in [0, 0.05) is 32.7 Å². The van der Waals surface area contributed by atoms with Gasteiger partial charge in [0.15, 0.2) is 11.5 Å². The number of carbonyl (C=O) groups excluding carboxylic acids is 1. The van der Waals surface area contributed by atoms with Crippen molar-refractivity contribution in [3.05, 3.63) is 65.7 Å². The van der Waals surface area contributed by atoms with E-state index in [4.69, 9.17) is 14.2 Å². The molecule has 1 atom stereocenters. The predicted molar refractivity (Wildman–Crippen MR) is 122 cm³/mol. The Bertz CT molecular complexity index is 1140. The Balaban J connectivity index is 1.13. The van der Waals surface area contributed by atoms with Crippen LogP contribution < -0.4 is 14.2 Å². The van der Waals surface area contributed by atoms with Crippen LogP contribution in [0.2, 0.25) is 0 Å². The van der Waals surface area contributed by atoms with E-state index < -0.39 is 6.10 Å². The van der Waals surface area contributed by atoms with E-state index >= 15 is 0 Å². The third-order valence-electron chi connectivity index (χ3n) is 6.09. The zero-order valence-electron chi connectivity index (χ0n) is 19.0. The van der Waals surface area contributed by atoms with Crippen LogP contribution in [0.1, 0.15) is 27.8 Å². The number of aliphatic hydroxyl groups is 1. The summed E-state index contributed by atoms with van der Waals surface area (Å²) in [7, 11) is 1.60. The molecule has 0 bridgehead atoms. The number of benzene rings is 2. The van der Waals surface area contributed by atoms with Crippen LogP contribution in [0.5, 0.6) is 17.2 Å². The second-order valence-corrected chi connectivity index (χ2v) is 8.34. The van der Waals surface area contributed by atoms with Crippen molar-refractivity contribution < 1.29 is 24.1 Å². The Kier molecular flexibility index (Phi) is 6.33. The lowest BCUT2D eigenvalue weighted by Gasteiger charge is -2.34. The van der Waals surface area contributed by atoms with Gasteiger partial charge in [0.2, 0.25) is 12.6 Å². The molecule has 0 radical (unpaired) electrons. The SMILES string of the molecule is COc1ccc([C@@H](O)Cn2cnc(C(=O)N3CCN(Cc4ccc5c(c4)OCO5)CC3)n2)cc1. The highest BCUT2D eigenvalue weighted by molar-refractivity contribution is 5.90. The van der Waals surface area contributed by atoms with Crippen molar-refractivity contribution in [3.8, 4) is 17.2 Å². The second-order valence-electron chi connectivity index (χ2n) is 8.34. The van der Waals surface area contributed by atoms with Crippen molar-refractivity contribution in [1.82, 2.24) is 24.6 Å². The number of ether oxygens (including phenoxy) is 3. The summed E-state index contributed by atoms with van der Waals surface area (Å²) in [6, 6.07) is 13.2. The number of hydrogen-bond acceptors (Lipinski definition) is 8. The van der Waals surface area contributed by atoms with Gasteiger partial charge in [-0.1, -0.05) is 18.2 Å². The van der Waals surface area contributed by atoms with E-state index in [2.05, 4.69) is 15.0 Å². The minimum Gasteiger partial charge on any atom is -0.497 e. The van der Waals surface area contributed by atoms with Crippen LogP contribution in [0.4, 0.5) is 0 Å². The minimum absolute atomic E-state index is 0.145. The molecule has 1 saturated heterocycles. The lowest BCUT2D eigenvalue weighted by Crippen LogP contribution is -2.48. The molecule has 1 aromatic heterocycles. The molecule has 1 amide bonds. The molecule has 0 unspecified atom stereocenters. The fourth-order valence-corrected chi connectivity index (χ4v) is 4.14. The van der Waals surface area contributed by atoms with Crippen LogP contribution in [-0.4, -0.2) is 75.7 Å². The maximum Gasteiger partial charge on any atom is 0.293 e. The quantitative estimate of drug-likeness (QED) is 0.563.